The van der Waals surface area contributed by atoms with Crippen molar-refractivity contribution in [1.29, 1.82) is 0 Å². The van der Waals surface area contributed by atoms with Crippen molar-refractivity contribution >= 4 is 23.0 Å². The Labute approximate surface area is 117 Å². The van der Waals surface area contributed by atoms with Crippen LogP contribution in [0.4, 0.5) is 5.69 Å². The third kappa shape index (κ3) is 4.06. The van der Waals surface area contributed by atoms with E-state index in [1.54, 1.807) is 11.3 Å². The van der Waals surface area contributed by atoms with Gasteiger partial charge in [0.2, 0.25) is 0 Å². The average molecular weight is 274 g/mol. The Hall–Kier alpha value is -1.88. The summed E-state index contributed by atoms with van der Waals surface area (Å²) in [5.41, 5.74) is 8.01. The number of aromatic nitrogens is 1. The van der Waals surface area contributed by atoms with Crippen LogP contribution < -0.4 is 11.1 Å². The molecule has 0 aliphatic rings. The first-order chi connectivity index (χ1) is 9.17. The largest absolute Gasteiger partial charge is 0.370 e. The predicted octanol–water partition coefficient (Wildman–Crippen LogP) is 2.94. The minimum atomic E-state index is 0.414. The van der Waals surface area contributed by atoms with Gasteiger partial charge in [0, 0.05) is 16.8 Å². The first kappa shape index (κ1) is 13.5. The van der Waals surface area contributed by atoms with Gasteiger partial charge in [-0.1, -0.05) is 24.6 Å². The molecule has 0 bridgehead atoms. The van der Waals surface area contributed by atoms with Crippen LogP contribution in [-0.2, 0) is 13.0 Å². The number of rotatable bonds is 4. The molecule has 3 N–H and O–H groups in total. The molecule has 0 saturated heterocycles. The number of aliphatic imine (C=N–C) groups is 1. The SMILES string of the molecule is CCc1cnc(CN=C(N)Nc2ccc(C)cc2)s1. The molecule has 0 unspecified atom stereocenters. The molecule has 0 amide bonds. The molecule has 4 nitrogen and oxygen atoms in total. The highest BCUT2D eigenvalue weighted by Crippen LogP contribution is 2.14. The molecule has 0 aliphatic heterocycles. The number of hydrogen-bond donors (Lipinski definition) is 2. The van der Waals surface area contributed by atoms with E-state index in [2.05, 4.69) is 29.1 Å². The molecule has 5 heteroatoms. The Bertz CT molecular complexity index is 557. The second-order valence-electron chi connectivity index (χ2n) is 4.27. The van der Waals surface area contributed by atoms with Crippen LogP contribution in [0.25, 0.3) is 0 Å². The summed E-state index contributed by atoms with van der Waals surface area (Å²) in [5, 5.41) is 4.06. The van der Waals surface area contributed by atoms with Crippen molar-refractivity contribution in [2.24, 2.45) is 10.7 Å². The van der Waals surface area contributed by atoms with Crippen molar-refractivity contribution < 1.29 is 0 Å². The summed E-state index contributed by atoms with van der Waals surface area (Å²) < 4.78 is 0. The van der Waals surface area contributed by atoms with Crippen LogP contribution in [0.5, 0.6) is 0 Å². The van der Waals surface area contributed by atoms with Gasteiger partial charge in [-0.2, -0.15) is 0 Å². The zero-order valence-corrected chi connectivity index (χ0v) is 12.0. The van der Waals surface area contributed by atoms with Gasteiger partial charge < -0.3 is 11.1 Å². The number of guanidine groups is 1. The maximum atomic E-state index is 5.85. The molecule has 0 atom stereocenters. The molecule has 0 radical (unpaired) electrons. The van der Waals surface area contributed by atoms with Gasteiger partial charge in [0.15, 0.2) is 5.96 Å². The lowest BCUT2D eigenvalue weighted by molar-refractivity contribution is 1.03. The van der Waals surface area contributed by atoms with Crippen molar-refractivity contribution in [2.45, 2.75) is 26.8 Å². The quantitative estimate of drug-likeness (QED) is 0.665. The lowest BCUT2D eigenvalue weighted by Crippen LogP contribution is -2.22. The Morgan fingerprint density at radius 1 is 1.37 bits per heavy atom. The molecular weight excluding hydrogens is 256 g/mol. The molecule has 19 heavy (non-hydrogen) atoms. The van der Waals surface area contributed by atoms with E-state index in [-0.39, 0.29) is 0 Å². The van der Waals surface area contributed by atoms with Crippen molar-refractivity contribution in [3.05, 3.63) is 45.9 Å². The van der Waals surface area contributed by atoms with Gasteiger partial charge in [0.1, 0.15) is 5.01 Å². The van der Waals surface area contributed by atoms with Gasteiger partial charge in [-0.05, 0) is 25.5 Å². The van der Waals surface area contributed by atoms with Crippen LogP contribution >= 0.6 is 11.3 Å². The second kappa shape index (κ2) is 6.33. The molecule has 1 heterocycles. The minimum absolute atomic E-state index is 0.414. The van der Waals surface area contributed by atoms with E-state index in [1.807, 2.05) is 30.5 Å². The number of nitrogens with zero attached hydrogens (tertiary/aromatic N) is 2. The first-order valence-electron chi connectivity index (χ1n) is 6.24. The molecule has 0 fully saturated rings. The van der Waals surface area contributed by atoms with Gasteiger partial charge in [0.25, 0.3) is 0 Å². The second-order valence-corrected chi connectivity index (χ2v) is 5.47. The van der Waals surface area contributed by atoms with Crippen molar-refractivity contribution in [3.63, 3.8) is 0 Å². The van der Waals surface area contributed by atoms with Crippen LogP contribution in [-0.4, -0.2) is 10.9 Å². The zero-order chi connectivity index (χ0) is 13.7. The number of nitrogens with two attached hydrogens (primary N) is 1. The number of aryl methyl sites for hydroxylation is 2. The van der Waals surface area contributed by atoms with E-state index in [0.717, 1.165) is 17.1 Å². The lowest BCUT2D eigenvalue weighted by atomic mass is 10.2. The smallest absolute Gasteiger partial charge is 0.193 e. The molecule has 1 aromatic heterocycles. The Kier molecular flexibility index (Phi) is 4.52. The summed E-state index contributed by atoms with van der Waals surface area (Å²) in [6.45, 7) is 4.69. The summed E-state index contributed by atoms with van der Waals surface area (Å²) in [7, 11) is 0. The zero-order valence-electron chi connectivity index (χ0n) is 11.2. The minimum Gasteiger partial charge on any atom is -0.370 e. The summed E-state index contributed by atoms with van der Waals surface area (Å²) in [4.78, 5) is 9.87. The van der Waals surface area contributed by atoms with Crippen molar-refractivity contribution in [3.8, 4) is 0 Å². The Morgan fingerprint density at radius 3 is 2.74 bits per heavy atom. The third-order valence-electron chi connectivity index (χ3n) is 2.66. The van der Waals surface area contributed by atoms with Gasteiger partial charge in [-0.15, -0.1) is 11.3 Å². The number of hydrogen-bond acceptors (Lipinski definition) is 3. The molecule has 0 aliphatic carbocycles. The summed E-state index contributed by atoms with van der Waals surface area (Å²) >= 11 is 1.68. The van der Waals surface area contributed by atoms with E-state index in [4.69, 9.17) is 5.73 Å². The van der Waals surface area contributed by atoms with Gasteiger partial charge in [-0.25, -0.2) is 9.98 Å². The summed E-state index contributed by atoms with van der Waals surface area (Å²) in [6, 6.07) is 8.03. The number of thiazole rings is 1. The highest BCUT2D eigenvalue weighted by atomic mass is 32.1. The maximum Gasteiger partial charge on any atom is 0.193 e. The van der Waals surface area contributed by atoms with Crippen LogP contribution in [0.15, 0.2) is 35.5 Å². The van der Waals surface area contributed by atoms with Crippen molar-refractivity contribution in [1.82, 2.24) is 4.98 Å². The standard InChI is InChI=1S/C14H18N4S/c1-3-12-8-16-13(19-12)9-17-14(15)18-11-6-4-10(2)5-7-11/h4-8H,3,9H2,1-2H3,(H3,15,17,18). The average Bonchev–Trinajstić information content (AvgIpc) is 2.87. The predicted molar refractivity (Wildman–Crippen MR) is 81.6 cm³/mol. The highest BCUT2D eigenvalue weighted by Gasteiger charge is 2.00. The third-order valence-corrected chi connectivity index (χ3v) is 3.78. The van der Waals surface area contributed by atoms with Crippen LogP contribution in [0.1, 0.15) is 22.4 Å². The fourth-order valence-corrected chi connectivity index (χ4v) is 2.35. The van der Waals surface area contributed by atoms with Crippen LogP contribution in [0, 0.1) is 6.92 Å². The first-order valence-corrected chi connectivity index (χ1v) is 7.06. The van der Waals surface area contributed by atoms with Gasteiger partial charge in [-0.3, -0.25) is 0 Å². The normalized spacial score (nSPS) is 11.6. The highest BCUT2D eigenvalue weighted by molar-refractivity contribution is 7.11. The Morgan fingerprint density at radius 2 is 2.11 bits per heavy atom. The van der Waals surface area contributed by atoms with Crippen LogP contribution in [0.2, 0.25) is 0 Å². The summed E-state index contributed by atoms with van der Waals surface area (Å²) in [6.07, 6.45) is 2.91. The number of nitrogens with one attached hydrogen (secondary N) is 1. The lowest BCUT2D eigenvalue weighted by Gasteiger charge is -2.05. The van der Waals surface area contributed by atoms with Gasteiger partial charge >= 0.3 is 0 Å². The van der Waals surface area contributed by atoms with E-state index in [9.17, 15) is 0 Å². The van der Waals surface area contributed by atoms with E-state index in [0.29, 0.717) is 12.5 Å². The molecule has 100 valence electrons. The molecule has 0 spiro atoms. The number of anilines is 1. The fourth-order valence-electron chi connectivity index (χ4n) is 1.56. The molecule has 1 aromatic carbocycles. The van der Waals surface area contributed by atoms with E-state index >= 15 is 0 Å². The molecular formula is C14H18N4S. The van der Waals surface area contributed by atoms with Crippen molar-refractivity contribution in [2.75, 3.05) is 5.32 Å². The van der Waals surface area contributed by atoms with Crippen LogP contribution in [0.3, 0.4) is 0 Å². The van der Waals surface area contributed by atoms with E-state index in [1.165, 1.54) is 10.4 Å². The fraction of sp³-hybridized carbons (Fsp3) is 0.286. The topological polar surface area (TPSA) is 63.3 Å². The number of benzene rings is 1. The summed E-state index contributed by atoms with van der Waals surface area (Å²) in [5.74, 6) is 0.414. The monoisotopic (exact) mass is 274 g/mol. The molecule has 2 rings (SSSR count). The maximum absolute atomic E-state index is 5.85. The molecule has 2 aromatic rings. The molecule has 0 saturated carbocycles. The van der Waals surface area contributed by atoms with Gasteiger partial charge in [0.05, 0.1) is 6.54 Å². The Balaban J connectivity index is 1.93. The van der Waals surface area contributed by atoms with E-state index < -0.39 is 0 Å².